The maximum Gasteiger partial charge on any atom is 0.387 e. The Morgan fingerprint density at radius 2 is 1.67 bits per heavy atom. The smallest absolute Gasteiger partial charge is 0.387 e. The average Bonchev–Trinajstić information content (AvgIpc) is 2.77. The van der Waals surface area contributed by atoms with E-state index in [4.69, 9.17) is 9.47 Å². The van der Waals surface area contributed by atoms with Crippen LogP contribution in [-0.4, -0.2) is 19.6 Å². The first-order valence-electron chi connectivity index (χ1n) is 9.22. The zero-order valence-electron chi connectivity index (χ0n) is 16.3. The van der Waals surface area contributed by atoms with E-state index in [0.717, 1.165) is 16.9 Å². The lowest BCUT2D eigenvalue weighted by Crippen LogP contribution is -2.22. The normalized spacial score (nSPS) is 10.5. The van der Waals surface area contributed by atoms with Gasteiger partial charge in [0.15, 0.2) is 11.5 Å². The van der Waals surface area contributed by atoms with Crippen molar-refractivity contribution in [1.82, 2.24) is 5.32 Å². The second-order valence-electron chi connectivity index (χ2n) is 6.35. The van der Waals surface area contributed by atoms with Gasteiger partial charge in [-0.25, -0.2) is 0 Å². The fourth-order valence-electron chi connectivity index (χ4n) is 2.73. The van der Waals surface area contributed by atoms with Crippen molar-refractivity contribution >= 4 is 5.91 Å². The van der Waals surface area contributed by atoms with Crippen molar-refractivity contribution in [2.24, 2.45) is 0 Å². The molecule has 0 saturated heterocycles. The largest absolute Gasteiger partial charge is 0.493 e. The molecule has 156 valence electrons. The number of carbonyl (C=O) groups excluding carboxylic acids is 1. The van der Waals surface area contributed by atoms with Crippen LogP contribution in [0.15, 0.2) is 72.8 Å². The number of nitrogens with one attached hydrogen (secondary N) is 1. The molecule has 0 bridgehead atoms. The first-order chi connectivity index (χ1) is 14.5. The Balaban J connectivity index is 1.55. The Labute approximate surface area is 173 Å². The number of ether oxygens (including phenoxy) is 3. The van der Waals surface area contributed by atoms with Crippen LogP contribution < -0.4 is 19.5 Å². The van der Waals surface area contributed by atoms with E-state index in [-0.39, 0.29) is 23.6 Å². The van der Waals surface area contributed by atoms with Crippen LogP contribution in [0.25, 0.3) is 0 Å². The summed E-state index contributed by atoms with van der Waals surface area (Å²) in [6.45, 7) is -2.27. The lowest BCUT2D eigenvalue weighted by Gasteiger charge is -2.12. The highest BCUT2D eigenvalue weighted by Gasteiger charge is 2.14. The number of benzene rings is 3. The van der Waals surface area contributed by atoms with Crippen LogP contribution in [0.2, 0.25) is 0 Å². The molecule has 0 saturated carbocycles. The minimum Gasteiger partial charge on any atom is -0.493 e. The van der Waals surface area contributed by atoms with E-state index in [1.165, 1.54) is 25.3 Å². The Kier molecular flexibility index (Phi) is 7.21. The number of methoxy groups -OCH3 is 1. The van der Waals surface area contributed by atoms with Crippen molar-refractivity contribution in [3.05, 3.63) is 89.5 Å². The van der Waals surface area contributed by atoms with Crippen LogP contribution in [-0.2, 0) is 13.2 Å². The van der Waals surface area contributed by atoms with Gasteiger partial charge in [-0.1, -0.05) is 42.5 Å². The third-order valence-electron chi connectivity index (χ3n) is 4.27. The van der Waals surface area contributed by atoms with Gasteiger partial charge in [0.2, 0.25) is 0 Å². The molecule has 7 heteroatoms. The zero-order valence-corrected chi connectivity index (χ0v) is 16.3. The van der Waals surface area contributed by atoms with E-state index in [0.29, 0.717) is 6.61 Å². The number of amides is 1. The molecule has 1 amide bonds. The Bertz CT molecular complexity index is 963. The number of carbonyl (C=O) groups is 1. The molecule has 3 rings (SSSR count). The molecule has 0 heterocycles. The summed E-state index contributed by atoms with van der Waals surface area (Å²) in [5.74, 6) is 0.233. The quantitative estimate of drug-likeness (QED) is 0.547. The SMILES string of the molecule is COc1ccc(C(=O)NCc2ccc(OCc3ccccc3)cc2)cc1OC(F)F. The predicted octanol–water partition coefficient (Wildman–Crippen LogP) is 4.81. The van der Waals surface area contributed by atoms with Gasteiger partial charge in [-0.2, -0.15) is 8.78 Å². The molecular weight excluding hydrogens is 392 g/mol. The first-order valence-corrected chi connectivity index (χ1v) is 9.22. The predicted molar refractivity (Wildman–Crippen MR) is 108 cm³/mol. The van der Waals surface area contributed by atoms with E-state index in [1.54, 1.807) is 0 Å². The minimum absolute atomic E-state index is 0.123. The summed E-state index contributed by atoms with van der Waals surface area (Å²) in [5, 5.41) is 2.75. The second-order valence-corrected chi connectivity index (χ2v) is 6.35. The summed E-state index contributed by atoms with van der Waals surface area (Å²) < 4.78 is 40.2. The van der Waals surface area contributed by atoms with Gasteiger partial charge in [-0.15, -0.1) is 0 Å². The summed E-state index contributed by atoms with van der Waals surface area (Å²) in [5.41, 5.74) is 2.13. The summed E-state index contributed by atoms with van der Waals surface area (Å²) in [4.78, 5) is 12.4. The molecule has 0 atom stereocenters. The molecular formula is C23H21F2NO4. The summed E-state index contributed by atoms with van der Waals surface area (Å²) in [6.07, 6.45) is 0. The maximum atomic E-state index is 12.5. The van der Waals surface area contributed by atoms with Gasteiger partial charge in [0.1, 0.15) is 12.4 Å². The third kappa shape index (κ3) is 5.94. The van der Waals surface area contributed by atoms with Gasteiger partial charge in [0, 0.05) is 12.1 Å². The van der Waals surface area contributed by atoms with Gasteiger partial charge in [0.25, 0.3) is 5.91 Å². The molecule has 30 heavy (non-hydrogen) atoms. The molecule has 3 aromatic rings. The zero-order chi connectivity index (χ0) is 21.3. The van der Waals surface area contributed by atoms with Gasteiger partial charge >= 0.3 is 6.61 Å². The van der Waals surface area contributed by atoms with Crippen LogP contribution >= 0.6 is 0 Å². The second kappa shape index (κ2) is 10.2. The highest BCUT2D eigenvalue weighted by Crippen LogP contribution is 2.29. The van der Waals surface area contributed by atoms with Gasteiger partial charge in [-0.05, 0) is 41.5 Å². The fourth-order valence-corrected chi connectivity index (χ4v) is 2.73. The Morgan fingerprint density at radius 3 is 2.33 bits per heavy atom. The average molecular weight is 413 g/mol. The van der Waals surface area contributed by atoms with Crippen molar-refractivity contribution in [3.8, 4) is 17.2 Å². The van der Waals surface area contributed by atoms with E-state index < -0.39 is 12.5 Å². The Hall–Kier alpha value is -3.61. The molecule has 0 aliphatic rings. The molecule has 0 unspecified atom stereocenters. The van der Waals surface area contributed by atoms with Gasteiger partial charge < -0.3 is 19.5 Å². The maximum absolute atomic E-state index is 12.5. The molecule has 1 N–H and O–H groups in total. The van der Waals surface area contributed by atoms with Gasteiger partial charge in [0.05, 0.1) is 7.11 Å². The van der Waals surface area contributed by atoms with Crippen LogP contribution in [0.1, 0.15) is 21.5 Å². The summed E-state index contributed by atoms with van der Waals surface area (Å²) in [7, 11) is 1.33. The topological polar surface area (TPSA) is 56.8 Å². The molecule has 0 aromatic heterocycles. The molecule has 0 aliphatic heterocycles. The number of halogens is 2. The van der Waals surface area contributed by atoms with Gasteiger partial charge in [-0.3, -0.25) is 4.79 Å². The molecule has 0 spiro atoms. The third-order valence-corrected chi connectivity index (χ3v) is 4.27. The standard InChI is InChI=1S/C23H21F2NO4/c1-28-20-12-9-18(13-21(20)30-23(24)25)22(27)26-14-16-7-10-19(11-8-16)29-15-17-5-3-2-4-6-17/h2-13,23H,14-15H2,1H3,(H,26,27). The molecule has 0 fully saturated rings. The highest BCUT2D eigenvalue weighted by molar-refractivity contribution is 5.94. The number of hydrogen-bond donors (Lipinski definition) is 1. The monoisotopic (exact) mass is 413 g/mol. The molecule has 0 aliphatic carbocycles. The molecule has 5 nitrogen and oxygen atoms in total. The van der Waals surface area contributed by atoms with E-state index in [1.807, 2.05) is 54.6 Å². The van der Waals surface area contributed by atoms with Crippen LogP contribution in [0.4, 0.5) is 8.78 Å². The van der Waals surface area contributed by atoms with E-state index >= 15 is 0 Å². The Morgan fingerprint density at radius 1 is 0.933 bits per heavy atom. The van der Waals surface area contributed by atoms with Crippen molar-refractivity contribution < 1.29 is 27.8 Å². The summed E-state index contributed by atoms with van der Waals surface area (Å²) >= 11 is 0. The number of alkyl halides is 2. The van der Waals surface area contributed by atoms with Crippen molar-refractivity contribution in [2.45, 2.75) is 19.8 Å². The minimum atomic E-state index is -3.01. The summed E-state index contributed by atoms with van der Waals surface area (Å²) in [6, 6.07) is 21.3. The van der Waals surface area contributed by atoms with Crippen molar-refractivity contribution in [3.63, 3.8) is 0 Å². The van der Waals surface area contributed by atoms with Crippen molar-refractivity contribution in [1.29, 1.82) is 0 Å². The molecule has 0 radical (unpaired) electrons. The van der Waals surface area contributed by atoms with E-state index in [2.05, 4.69) is 10.1 Å². The number of hydrogen-bond acceptors (Lipinski definition) is 4. The fraction of sp³-hybridized carbons (Fsp3) is 0.174. The van der Waals surface area contributed by atoms with Crippen LogP contribution in [0, 0.1) is 0 Å². The van der Waals surface area contributed by atoms with Crippen molar-refractivity contribution in [2.75, 3.05) is 7.11 Å². The highest BCUT2D eigenvalue weighted by atomic mass is 19.3. The lowest BCUT2D eigenvalue weighted by atomic mass is 10.1. The van der Waals surface area contributed by atoms with Crippen LogP contribution in [0.5, 0.6) is 17.2 Å². The molecule has 3 aromatic carbocycles. The van der Waals surface area contributed by atoms with Crippen LogP contribution in [0.3, 0.4) is 0 Å². The first kappa shape index (κ1) is 21.1. The number of rotatable bonds is 9. The van der Waals surface area contributed by atoms with E-state index in [9.17, 15) is 13.6 Å². The lowest BCUT2D eigenvalue weighted by molar-refractivity contribution is -0.0512.